The second-order valence-corrected chi connectivity index (χ2v) is 15.8. The van der Waals surface area contributed by atoms with Crippen LogP contribution in [0.5, 0.6) is 0 Å². The van der Waals surface area contributed by atoms with Crippen LogP contribution in [0.15, 0.2) is 205 Å². The minimum absolute atomic E-state index is 0.794. The van der Waals surface area contributed by atoms with Gasteiger partial charge in [0.1, 0.15) is 22.2 Å². The van der Waals surface area contributed by atoms with Gasteiger partial charge < -0.3 is 13.6 Å². The first-order valence-electron chi connectivity index (χ1n) is 20.9. The minimum Gasteiger partial charge on any atom is -0.456 e. The molecule has 0 bridgehead atoms. The molecule has 0 fully saturated rings. The summed E-state index contributed by atoms with van der Waals surface area (Å²) in [5.41, 5.74) is 18.0. The quantitative estimate of drug-likeness (QED) is 0.166. The van der Waals surface area contributed by atoms with Crippen LogP contribution in [0.25, 0.3) is 122 Å². The molecule has 0 saturated carbocycles. The third-order valence-corrected chi connectivity index (χ3v) is 12.1. The predicted molar refractivity (Wildman–Crippen MR) is 253 cm³/mol. The molecular weight excluding hydrogens is 775 g/mol. The number of para-hydroxylation sites is 1. The average Bonchev–Trinajstić information content (AvgIpc) is 4.01. The molecule has 0 atom stereocenters. The van der Waals surface area contributed by atoms with E-state index in [1.165, 1.54) is 0 Å². The number of fused-ring (bicyclic) bond motifs is 9. The highest BCUT2D eigenvalue weighted by Gasteiger charge is 2.21. The number of rotatable bonds is 6. The van der Waals surface area contributed by atoms with E-state index >= 15 is 0 Å². The van der Waals surface area contributed by atoms with E-state index < -0.39 is 0 Å². The number of hydrogen-bond acceptors (Lipinski definition) is 6. The van der Waals surface area contributed by atoms with Gasteiger partial charge in [0.15, 0.2) is 0 Å². The summed E-state index contributed by atoms with van der Waals surface area (Å²) in [5.74, 6) is 0. The molecule has 8 nitrogen and oxygen atoms in total. The Bertz CT molecular complexity index is 3780. The van der Waals surface area contributed by atoms with Gasteiger partial charge in [-0.05, 0) is 102 Å². The summed E-state index contributed by atoms with van der Waals surface area (Å²) >= 11 is 0. The van der Waals surface area contributed by atoms with Crippen LogP contribution in [0.2, 0.25) is 0 Å². The molecule has 8 heteroatoms. The van der Waals surface area contributed by atoms with Gasteiger partial charge >= 0.3 is 0 Å². The van der Waals surface area contributed by atoms with Crippen molar-refractivity contribution in [2.75, 3.05) is 0 Å². The van der Waals surface area contributed by atoms with Crippen molar-refractivity contribution in [2.24, 2.45) is 0 Å². The molecule has 0 N–H and O–H groups in total. The van der Waals surface area contributed by atoms with Crippen LogP contribution < -0.4 is 0 Å². The Kier molecular flexibility index (Phi) is 7.74. The first-order valence-corrected chi connectivity index (χ1v) is 20.9. The Morgan fingerprint density at radius 2 is 0.873 bits per heavy atom. The van der Waals surface area contributed by atoms with Crippen molar-refractivity contribution in [3.63, 3.8) is 0 Å². The van der Waals surface area contributed by atoms with E-state index in [0.717, 1.165) is 122 Å². The second-order valence-electron chi connectivity index (χ2n) is 15.8. The van der Waals surface area contributed by atoms with E-state index in [2.05, 4.69) is 134 Å². The highest BCUT2D eigenvalue weighted by atomic mass is 16.3. The van der Waals surface area contributed by atoms with Crippen LogP contribution in [0.3, 0.4) is 0 Å². The molecule has 0 spiro atoms. The van der Waals surface area contributed by atoms with E-state index in [4.69, 9.17) is 19.4 Å². The highest BCUT2D eigenvalue weighted by molar-refractivity contribution is 6.11. The summed E-state index contributed by atoms with van der Waals surface area (Å²) in [6.45, 7) is 0. The van der Waals surface area contributed by atoms with Gasteiger partial charge in [0.05, 0.1) is 39.0 Å². The van der Waals surface area contributed by atoms with E-state index in [-0.39, 0.29) is 0 Å². The van der Waals surface area contributed by atoms with Crippen molar-refractivity contribution in [1.82, 2.24) is 34.1 Å². The summed E-state index contributed by atoms with van der Waals surface area (Å²) in [6, 6.07) is 58.8. The maximum atomic E-state index is 6.20. The lowest BCUT2D eigenvalue weighted by Gasteiger charge is -2.11. The molecule has 0 aliphatic carbocycles. The fraction of sp³-hybridized carbons (Fsp3) is 0. The van der Waals surface area contributed by atoms with Crippen molar-refractivity contribution in [3.8, 4) is 56.1 Å². The van der Waals surface area contributed by atoms with Gasteiger partial charge in [-0.3, -0.25) is 15.0 Å². The number of benzene rings is 5. The summed E-state index contributed by atoms with van der Waals surface area (Å²) < 4.78 is 10.8. The topological polar surface area (TPSA) is 87.5 Å². The molecule has 13 rings (SSSR count). The average molecular weight is 808 g/mol. The fourth-order valence-electron chi connectivity index (χ4n) is 9.17. The van der Waals surface area contributed by atoms with Crippen LogP contribution in [-0.2, 0) is 0 Å². The van der Waals surface area contributed by atoms with Gasteiger partial charge in [0.25, 0.3) is 0 Å². The van der Waals surface area contributed by atoms with Crippen LogP contribution in [0.1, 0.15) is 0 Å². The highest BCUT2D eigenvalue weighted by Crippen LogP contribution is 2.39. The van der Waals surface area contributed by atoms with Gasteiger partial charge in [-0.25, -0.2) is 9.97 Å². The predicted octanol–water partition coefficient (Wildman–Crippen LogP) is 13.4. The van der Waals surface area contributed by atoms with E-state index in [1.807, 2.05) is 85.6 Å². The molecule has 294 valence electrons. The van der Waals surface area contributed by atoms with Crippen molar-refractivity contribution in [2.45, 2.75) is 0 Å². The standard InChI is InChI=1S/C55H33N7O/c1-3-10-34(11-4-1)36-26-38(32-56-30-36)45-19-22-49-54(59-45)55-50(23-20-46(60-55)39-27-37(31-57-33-39)35-12-5-2-6-13-35)62(49)40-17-21-47-44(29-40)53-48(15-9-25-58-53)61(47)41-18-24-52-43(28-41)42-14-7-8-16-51(42)63-52/h1-33H. The molecule has 0 radical (unpaired) electrons. The van der Waals surface area contributed by atoms with Gasteiger partial charge in [0, 0.05) is 80.8 Å². The van der Waals surface area contributed by atoms with Gasteiger partial charge in [-0.2, -0.15) is 0 Å². The minimum atomic E-state index is 0.794. The monoisotopic (exact) mass is 807 g/mol. The second kappa shape index (κ2) is 13.9. The summed E-state index contributed by atoms with van der Waals surface area (Å²) in [7, 11) is 0. The summed E-state index contributed by atoms with van der Waals surface area (Å²) in [6.07, 6.45) is 9.42. The third-order valence-electron chi connectivity index (χ3n) is 12.1. The number of hydrogen-bond donors (Lipinski definition) is 0. The largest absolute Gasteiger partial charge is 0.456 e. The number of nitrogens with zero attached hydrogens (tertiary/aromatic N) is 7. The van der Waals surface area contributed by atoms with Crippen LogP contribution in [0, 0.1) is 0 Å². The first-order chi connectivity index (χ1) is 31.2. The van der Waals surface area contributed by atoms with Crippen molar-refractivity contribution in [1.29, 1.82) is 0 Å². The van der Waals surface area contributed by atoms with E-state index in [1.54, 1.807) is 0 Å². The van der Waals surface area contributed by atoms with Crippen LogP contribution in [-0.4, -0.2) is 34.1 Å². The number of furan rings is 1. The van der Waals surface area contributed by atoms with Crippen LogP contribution in [0.4, 0.5) is 0 Å². The molecule has 0 aliphatic heterocycles. The smallest absolute Gasteiger partial charge is 0.135 e. The molecule has 63 heavy (non-hydrogen) atoms. The van der Waals surface area contributed by atoms with Crippen LogP contribution >= 0.6 is 0 Å². The molecule has 13 aromatic rings. The molecular formula is C55H33N7O. The van der Waals surface area contributed by atoms with Gasteiger partial charge in [-0.15, -0.1) is 0 Å². The normalized spacial score (nSPS) is 11.8. The Morgan fingerprint density at radius 1 is 0.349 bits per heavy atom. The molecule has 8 heterocycles. The Hall–Kier alpha value is -8.75. The van der Waals surface area contributed by atoms with E-state index in [0.29, 0.717) is 0 Å². The van der Waals surface area contributed by atoms with Crippen molar-refractivity contribution < 1.29 is 4.42 Å². The lowest BCUT2D eigenvalue weighted by molar-refractivity contribution is 0.669. The van der Waals surface area contributed by atoms with Gasteiger partial charge in [0.2, 0.25) is 0 Å². The summed E-state index contributed by atoms with van der Waals surface area (Å²) in [4.78, 5) is 25.0. The molecule has 0 unspecified atom stereocenters. The Morgan fingerprint density at radius 3 is 1.54 bits per heavy atom. The maximum Gasteiger partial charge on any atom is 0.135 e. The van der Waals surface area contributed by atoms with E-state index in [9.17, 15) is 0 Å². The lowest BCUT2D eigenvalue weighted by atomic mass is 10.0. The van der Waals surface area contributed by atoms with Crippen molar-refractivity contribution in [3.05, 3.63) is 201 Å². The number of pyridine rings is 5. The molecule has 5 aromatic carbocycles. The first kappa shape index (κ1) is 35.0. The zero-order valence-corrected chi connectivity index (χ0v) is 33.6. The maximum absolute atomic E-state index is 6.20. The number of aromatic nitrogens is 7. The zero-order valence-electron chi connectivity index (χ0n) is 33.6. The lowest BCUT2D eigenvalue weighted by Crippen LogP contribution is -1.96. The van der Waals surface area contributed by atoms with Gasteiger partial charge in [-0.1, -0.05) is 78.9 Å². The SMILES string of the molecule is c1ccc(-c2cncc(-c3ccc4c(n3)c3nc(-c5cncc(-c6ccccc6)c5)ccc3n4-c3ccc4c(c3)c3ncccc3n4-c3ccc4oc5ccccc5c4c3)c2)cc1. The fourth-order valence-corrected chi connectivity index (χ4v) is 9.17. The van der Waals surface area contributed by atoms with Crippen molar-refractivity contribution >= 4 is 65.9 Å². The molecule has 0 saturated heterocycles. The molecule has 0 amide bonds. The molecule has 8 aromatic heterocycles. The Balaban J connectivity index is 1.01. The third kappa shape index (κ3) is 5.66. The molecule has 0 aliphatic rings. The Labute approximate surface area is 360 Å². The summed E-state index contributed by atoms with van der Waals surface area (Å²) in [5, 5.41) is 3.21. The zero-order chi connectivity index (χ0) is 41.4.